The molecule has 5 heteroatoms. The highest BCUT2D eigenvalue weighted by atomic mass is 127. The fourth-order valence-corrected chi connectivity index (χ4v) is 3.80. The number of carbonyl (C=O) groups is 2. The van der Waals surface area contributed by atoms with E-state index >= 15 is 0 Å². The number of halogens is 1. The summed E-state index contributed by atoms with van der Waals surface area (Å²) in [6.07, 6.45) is 2.00. The van der Waals surface area contributed by atoms with Crippen molar-refractivity contribution in [2.45, 2.75) is 33.1 Å². The van der Waals surface area contributed by atoms with Crippen molar-refractivity contribution in [1.29, 1.82) is 0 Å². The third kappa shape index (κ3) is 3.92. The maximum atomic E-state index is 12.7. The lowest BCUT2D eigenvalue weighted by Crippen LogP contribution is -2.29. The van der Waals surface area contributed by atoms with Crippen molar-refractivity contribution in [3.63, 3.8) is 0 Å². The number of hydrogen-bond donors (Lipinski definition) is 1. The molecule has 0 unspecified atom stereocenters. The SMILES string of the molecule is CCc1cccc(CC)c1N1C[C@H](C(=O)Nc2ccc(I)cc2)CC1=O. The zero-order valence-electron chi connectivity index (χ0n) is 15.1. The minimum Gasteiger partial charge on any atom is -0.326 e. The van der Waals surface area contributed by atoms with Gasteiger partial charge in [0.2, 0.25) is 11.8 Å². The summed E-state index contributed by atoms with van der Waals surface area (Å²) in [6.45, 7) is 4.64. The van der Waals surface area contributed by atoms with Crippen LogP contribution in [-0.2, 0) is 22.4 Å². The molecule has 0 aliphatic carbocycles. The van der Waals surface area contributed by atoms with E-state index in [9.17, 15) is 9.59 Å². The molecule has 4 nitrogen and oxygen atoms in total. The van der Waals surface area contributed by atoms with Gasteiger partial charge in [0.05, 0.1) is 5.92 Å². The van der Waals surface area contributed by atoms with Gasteiger partial charge in [-0.05, 0) is 70.8 Å². The molecule has 0 aromatic heterocycles. The summed E-state index contributed by atoms with van der Waals surface area (Å²) in [5.74, 6) is -0.381. The minimum atomic E-state index is -0.323. The molecule has 3 rings (SSSR count). The zero-order valence-corrected chi connectivity index (χ0v) is 17.2. The van der Waals surface area contributed by atoms with E-state index < -0.39 is 0 Å². The molecule has 1 aliphatic heterocycles. The molecule has 0 bridgehead atoms. The van der Waals surface area contributed by atoms with Crippen LogP contribution in [0.3, 0.4) is 0 Å². The number of benzene rings is 2. The average molecular weight is 462 g/mol. The van der Waals surface area contributed by atoms with Gasteiger partial charge in [-0.2, -0.15) is 0 Å². The lowest BCUT2D eigenvalue weighted by atomic mass is 10.0. The first-order valence-corrected chi connectivity index (χ1v) is 10.1. The van der Waals surface area contributed by atoms with E-state index in [0.29, 0.717) is 6.54 Å². The fourth-order valence-electron chi connectivity index (χ4n) is 3.44. The molecule has 0 saturated carbocycles. The Labute approximate surface area is 168 Å². The van der Waals surface area contributed by atoms with E-state index in [1.807, 2.05) is 35.2 Å². The molecule has 26 heavy (non-hydrogen) atoms. The van der Waals surface area contributed by atoms with Crippen molar-refractivity contribution in [3.8, 4) is 0 Å². The Morgan fingerprint density at radius 3 is 2.31 bits per heavy atom. The second-order valence-corrected chi connectivity index (χ2v) is 7.78. The van der Waals surface area contributed by atoms with E-state index in [4.69, 9.17) is 0 Å². The molecule has 0 radical (unpaired) electrons. The third-order valence-electron chi connectivity index (χ3n) is 4.84. The number of aryl methyl sites for hydroxylation is 2. The first-order valence-electron chi connectivity index (χ1n) is 9.01. The van der Waals surface area contributed by atoms with Crippen LogP contribution in [0.4, 0.5) is 11.4 Å². The predicted molar refractivity (Wildman–Crippen MR) is 113 cm³/mol. The quantitative estimate of drug-likeness (QED) is 0.670. The third-order valence-corrected chi connectivity index (χ3v) is 5.56. The standard InChI is InChI=1S/C21H23IN2O2/c1-3-14-6-5-7-15(4-2)20(14)24-13-16(12-19(24)25)21(26)23-18-10-8-17(22)9-11-18/h5-11,16H,3-4,12-13H2,1-2H3,(H,23,26)/t16-/m1/s1. The number of nitrogens with one attached hydrogen (secondary N) is 1. The topological polar surface area (TPSA) is 49.4 Å². The molecule has 1 N–H and O–H groups in total. The highest BCUT2D eigenvalue weighted by molar-refractivity contribution is 14.1. The van der Waals surface area contributed by atoms with Crippen LogP contribution in [0.15, 0.2) is 42.5 Å². The van der Waals surface area contributed by atoms with E-state index in [1.165, 1.54) is 0 Å². The van der Waals surface area contributed by atoms with Crippen LogP contribution in [-0.4, -0.2) is 18.4 Å². The van der Waals surface area contributed by atoms with Crippen LogP contribution in [0.1, 0.15) is 31.4 Å². The van der Waals surface area contributed by atoms with Crippen molar-refractivity contribution in [2.24, 2.45) is 5.92 Å². The molecule has 1 aliphatic rings. The first kappa shape index (κ1) is 18.9. The normalized spacial score (nSPS) is 16.8. The van der Waals surface area contributed by atoms with Crippen LogP contribution in [0.2, 0.25) is 0 Å². The number of rotatable bonds is 5. The Hall–Kier alpha value is -1.89. The van der Waals surface area contributed by atoms with Crippen LogP contribution >= 0.6 is 22.6 Å². The molecule has 1 saturated heterocycles. The summed E-state index contributed by atoms with van der Waals surface area (Å²) in [6, 6.07) is 13.9. The number of anilines is 2. The molecule has 2 amide bonds. The Bertz CT molecular complexity index is 795. The lowest BCUT2D eigenvalue weighted by Gasteiger charge is -2.23. The Morgan fingerprint density at radius 1 is 1.12 bits per heavy atom. The van der Waals surface area contributed by atoms with Crippen molar-refractivity contribution < 1.29 is 9.59 Å². The summed E-state index contributed by atoms with van der Waals surface area (Å²) < 4.78 is 1.12. The lowest BCUT2D eigenvalue weighted by molar-refractivity contribution is -0.122. The number of para-hydroxylation sites is 1. The molecule has 136 valence electrons. The zero-order chi connectivity index (χ0) is 18.7. The van der Waals surface area contributed by atoms with E-state index in [0.717, 1.165) is 38.9 Å². The number of amides is 2. The second-order valence-electron chi connectivity index (χ2n) is 6.53. The summed E-state index contributed by atoms with van der Waals surface area (Å²) in [7, 11) is 0. The predicted octanol–water partition coefficient (Wildman–Crippen LogP) is 4.41. The van der Waals surface area contributed by atoms with Gasteiger partial charge in [-0.15, -0.1) is 0 Å². The molecule has 1 fully saturated rings. The Balaban J connectivity index is 1.79. The van der Waals surface area contributed by atoms with Crippen molar-refractivity contribution in [3.05, 3.63) is 57.2 Å². The van der Waals surface area contributed by atoms with Gasteiger partial charge in [0.15, 0.2) is 0 Å². The Morgan fingerprint density at radius 2 is 1.73 bits per heavy atom. The van der Waals surface area contributed by atoms with Crippen LogP contribution in [0.25, 0.3) is 0 Å². The molecule has 2 aromatic rings. The van der Waals surface area contributed by atoms with Gasteiger partial charge >= 0.3 is 0 Å². The number of carbonyl (C=O) groups excluding carboxylic acids is 2. The van der Waals surface area contributed by atoms with Gasteiger partial charge in [-0.3, -0.25) is 9.59 Å². The fraction of sp³-hybridized carbons (Fsp3) is 0.333. The van der Waals surface area contributed by atoms with Crippen LogP contribution < -0.4 is 10.2 Å². The van der Waals surface area contributed by atoms with Gasteiger partial charge in [0, 0.05) is 27.9 Å². The monoisotopic (exact) mass is 462 g/mol. The van der Waals surface area contributed by atoms with Gasteiger partial charge in [0.25, 0.3) is 0 Å². The second kappa shape index (κ2) is 8.20. The molecular formula is C21H23IN2O2. The average Bonchev–Trinajstić information content (AvgIpc) is 3.04. The minimum absolute atomic E-state index is 0.0309. The molecule has 2 aromatic carbocycles. The van der Waals surface area contributed by atoms with Crippen LogP contribution in [0.5, 0.6) is 0 Å². The van der Waals surface area contributed by atoms with Gasteiger partial charge < -0.3 is 10.2 Å². The summed E-state index contributed by atoms with van der Waals surface area (Å²) in [5, 5.41) is 2.94. The maximum Gasteiger partial charge on any atom is 0.229 e. The molecule has 1 atom stereocenters. The summed E-state index contributed by atoms with van der Waals surface area (Å²) >= 11 is 2.23. The summed E-state index contributed by atoms with van der Waals surface area (Å²) in [5.41, 5.74) is 4.10. The van der Waals surface area contributed by atoms with E-state index in [1.54, 1.807) is 0 Å². The first-order chi connectivity index (χ1) is 12.5. The smallest absolute Gasteiger partial charge is 0.229 e. The highest BCUT2D eigenvalue weighted by Gasteiger charge is 2.36. The van der Waals surface area contributed by atoms with E-state index in [2.05, 4.69) is 53.9 Å². The Kier molecular flexibility index (Phi) is 5.96. The van der Waals surface area contributed by atoms with Crippen molar-refractivity contribution in [2.75, 3.05) is 16.8 Å². The van der Waals surface area contributed by atoms with Gasteiger partial charge in [0.1, 0.15) is 0 Å². The van der Waals surface area contributed by atoms with Gasteiger partial charge in [-0.25, -0.2) is 0 Å². The molecule has 0 spiro atoms. The highest BCUT2D eigenvalue weighted by Crippen LogP contribution is 2.32. The largest absolute Gasteiger partial charge is 0.326 e. The van der Waals surface area contributed by atoms with Crippen LogP contribution in [0, 0.1) is 9.49 Å². The van der Waals surface area contributed by atoms with E-state index in [-0.39, 0.29) is 24.2 Å². The summed E-state index contributed by atoms with van der Waals surface area (Å²) in [4.78, 5) is 27.1. The number of hydrogen-bond acceptors (Lipinski definition) is 2. The number of nitrogens with zero attached hydrogens (tertiary/aromatic N) is 1. The van der Waals surface area contributed by atoms with Gasteiger partial charge in [-0.1, -0.05) is 32.0 Å². The van der Waals surface area contributed by atoms with Crippen molar-refractivity contribution in [1.82, 2.24) is 0 Å². The maximum absolute atomic E-state index is 12.7. The molecular weight excluding hydrogens is 439 g/mol. The van der Waals surface area contributed by atoms with Crippen molar-refractivity contribution >= 4 is 45.8 Å². The molecule has 1 heterocycles.